The first-order chi connectivity index (χ1) is 31.8. The highest BCUT2D eigenvalue weighted by Gasteiger charge is 2.25. The molecule has 0 aliphatic carbocycles. The molecule has 1 heterocycles. The van der Waals surface area contributed by atoms with Gasteiger partial charge in [0.05, 0.1) is 16.8 Å². The Morgan fingerprint density at radius 2 is 0.750 bits per heavy atom. The number of nitrogens with zero attached hydrogens (tertiary/aromatic N) is 1. The quantitative estimate of drug-likeness (QED) is 0.142. The van der Waals surface area contributed by atoms with E-state index in [1.54, 1.807) is 0 Å². The summed E-state index contributed by atoms with van der Waals surface area (Å²) >= 11 is 0. The van der Waals surface area contributed by atoms with E-state index in [9.17, 15) is 0 Å². The maximum atomic E-state index is 6.54. The van der Waals surface area contributed by atoms with Crippen LogP contribution in [0.5, 0.6) is 0 Å². The standard InChI is InChI=1S/C62H41NO/c1-5-19-43(20-6-1)49-30-17-31-50(44-21-7-2-8-22-44)62(49)63(56-32-18-34-58-61(56)54-29-15-16-33-57(54)64-58)48-38-35-42(36-39-48)47-37-40-52-51-27-13-14-28-53(51)59(45-23-9-3-10-24-45)60(55(52)41-47)46-25-11-4-12-26-46/h1-41H. The van der Waals surface area contributed by atoms with Crippen LogP contribution in [0.3, 0.4) is 0 Å². The molecule has 2 nitrogen and oxygen atoms in total. The molecule has 300 valence electrons. The molecule has 0 atom stereocenters. The third-order valence-corrected chi connectivity index (χ3v) is 12.7. The van der Waals surface area contributed by atoms with Crippen LogP contribution >= 0.6 is 0 Å². The lowest BCUT2D eigenvalue weighted by atomic mass is 9.84. The van der Waals surface area contributed by atoms with Crippen molar-refractivity contribution in [2.24, 2.45) is 0 Å². The highest BCUT2D eigenvalue weighted by molar-refractivity contribution is 6.22. The van der Waals surface area contributed by atoms with Crippen LogP contribution in [0.2, 0.25) is 0 Å². The van der Waals surface area contributed by atoms with Crippen LogP contribution in [-0.2, 0) is 0 Å². The van der Waals surface area contributed by atoms with E-state index >= 15 is 0 Å². The molecule has 0 aliphatic rings. The number of rotatable bonds is 8. The summed E-state index contributed by atoms with van der Waals surface area (Å²) in [4.78, 5) is 2.45. The molecule has 0 amide bonds. The SMILES string of the molecule is c1ccc(-c2cccc(-c3ccccc3)c2N(c2ccc(-c3ccc4c(c3)c(-c3ccccc3)c(-c3ccccc3)c3ccccc34)cc2)c2cccc3oc4ccccc4c23)cc1. The van der Waals surface area contributed by atoms with Crippen molar-refractivity contribution in [1.29, 1.82) is 0 Å². The lowest BCUT2D eigenvalue weighted by Gasteiger charge is -2.31. The molecule has 0 aliphatic heterocycles. The minimum Gasteiger partial charge on any atom is -0.456 e. The summed E-state index contributed by atoms with van der Waals surface area (Å²) in [7, 11) is 0. The minimum atomic E-state index is 0.853. The summed E-state index contributed by atoms with van der Waals surface area (Å²) in [5.74, 6) is 0. The maximum Gasteiger partial charge on any atom is 0.137 e. The third kappa shape index (κ3) is 6.35. The van der Waals surface area contributed by atoms with Crippen LogP contribution in [-0.4, -0.2) is 0 Å². The monoisotopic (exact) mass is 815 g/mol. The van der Waals surface area contributed by atoms with Gasteiger partial charge in [-0.25, -0.2) is 0 Å². The zero-order chi connectivity index (χ0) is 42.4. The molecule has 2 heteroatoms. The zero-order valence-corrected chi connectivity index (χ0v) is 35.0. The number of furan rings is 1. The summed E-state index contributed by atoms with van der Waals surface area (Å²) in [6.45, 7) is 0. The van der Waals surface area contributed by atoms with Gasteiger partial charge in [-0.15, -0.1) is 0 Å². The van der Waals surface area contributed by atoms with Crippen LogP contribution < -0.4 is 4.90 Å². The molecule has 0 spiro atoms. The average molecular weight is 816 g/mol. The van der Waals surface area contributed by atoms with Crippen LogP contribution in [0.15, 0.2) is 253 Å². The minimum absolute atomic E-state index is 0.853. The lowest BCUT2D eigenvalue weighted by Crippen LogP contribution is -2.13. The number of benzene rings is 11. The van der Waals surface area contributed by atoms with E-state index in [2.05, 4.69) is 248 Å². The van der Waals surface area contributed by atoms with Gasteiger partial charge in [0.1, 0.15) is 11.2 Å². The van der Waals surface area contributed by atoms with Gasteiger partial charge in [-0.05, 0) is 102 Å². The van der Waals surface area contributed by atoms with Gasteiger partial charge in [0.15, 0.2) is 0 Å². The van der Waals surface area contributed by atoms with Crippen LogP contribution in [0, 0.1) is 0 Å². The normalized spacial score (nSPS) is 11.4. The number of fused-ring (bicyclic) bond motifs is 6. The second-order valence-corrected chi connectivity index (χ2v) is 16.4. The summed E-state index contributed by atoms with van der Waals surface area (Å²) < 4.78 is 6.54. The topological polar surface area (TPSA) is 16.4 Å². The first-order valence-electron chi connectivity index (χ1n) is 21.9. The van der Waals surface area contributed by atoms with Crippen molar-refractivity contribution >= 4 is 60.5 Å². The van der Waals surface area contributed by atoms with E-state index in [0.29, 0.717) is 0 Å². The fourth-order valence-corrected chi connectivity index (χ4v) is 9.80. The molecule has 0 bridgehead atoms. The highest BCUT2D eigenvalue weighted by atomic mass is 16.3. The van der Waals surface area contributed by atoms with E-state index in [4.69, 9.17) is 4.42 Å². The molecule has 12 aromatic rings. The van der Waals surface area contributed by atoms with E-state index in [0.717, 1.165) is 72.4 Å². The van der Waals surface area contributed by atoms with Crippen molar-refractivity contribution in [3.8, 4) is 55.6 Å². The second-order valence-electron chi connectivity index (χ2n) is 16.4. The molecule has 12 rings (SSSR count). The van der Waals surface area contributed by atoms with Gasteiger partial charge in [0.25, 0.3) is 0 Å². The number of anilines is 3. The average Bonchev–Trinajstić information content (AvgIpc) is 3.77. The number of para-hydroxylation sites is 2. The summed E-state index contributed by atoms with van der Waals surface area (Å²) in [5, 5.41) is 7.14. The molecule has 0 radical (unpaired) electrons. The second kappa shape index (κ2) is 15.8. The van der Waals surface area contributed by atoms with Crippen LogP contribution in [0.4, 0.5) is 17.1 Å². The molecule has 0 N–H and O–H groups in total. The lowest BCUT2D eigenvalue weighted by molar-refractivity contribution is 0.669. The molecule has 0 fully saturated rings. The summed E-state index contributed by atoms with van der Waals surface area (Å²) in [6, 6.07) is 89.7. The summed E-state index contributed by atoms with van der Waals surface area (Å²) in [6.07, 6.45) is 0. The molecular weight excluding hydrogens is 775 g/mol. The first-order valence-corrected chi connectivity index (χ1v) is 21.9. The van der Waals surface area contributed by atoms with Crippen molar-refractivity contribution in [2.75, 3.05) is 4.90 Å². The fourth-order valence-electron chi connectivity index (χ4n) is 9.80. The maximum absolute atomic E-state index is 6.54. The Morgan fingerprint density at radius 3 is 1.38 bits per heavy atom. The van der Waals surface area contributed by atoms with Gasteiger partial charge < -0.3 is 9.32 Å². The Bertz CT molecular complexity index is 3570. The Balaban J connectivity index is 1.09. The van der Waals surface area contributed by atoms with E-state index in [1.807, 2.05) is 6.07 Å². The molecule has 11 aromatic carbocycles. The van der Waals surface area contributed by atoms with Gasteiger partial charge in [0.2, 0.25) is 0 Å². The molecule has 1 aromatic heterocycles. The third-order valence-electron chi connectivity index (χ3n) is 12.7. The van der Waals surface area contributed by atoms with Crippen molar-refractivity contribution in [2.45, 2.75) is 0 Å². The van der Waals surface area contributed by atoms with Crippen LogP contribution in [0.1, 0.15) is 0 Å². The first kappa shape index (κ1) is 37.3. The Morgan fingerprint density at radius 1 is 0.281 bits per heavy atom. The fraction of sp³-hybridized carbons (Fsp3) is 0. The van der Waals surface area contributed by atoms with Crippen molar-refractivity contribution in [3.05, 3.63) is 249 Å². The van der Waals surface area contributed by atoms with Gasteiger partial charge in [-0.3, -0.25) is 0 Å². The Labute approximate surface area is 372 Å². The van der Waals surface area contributed by atoms with E-state index in [1.165, 1.54) is 43.8 Å². The Kier molecular flexibility index (Phi) is 9.20. The predicted molar refractivity (Wildman–Crippen MR) is 271 cm³/mol. The largest absolute Gasteiger partial charge is 0.456 e. The zero-order valence-electron chi connectivity index (χ0n) is 35.0. The van der Waals surface area contributed by atoms with Gasteiger partial charge in [-0.2, -0.15) is 0 Å². The Hall–Kier alpha value is -8.46. The summed E-state index contributed by atoms with van der Waals surface area (Å²) in [5.41, 5.74) is 16.7. The molecule has 0 saturated heterocycles. The molecule has 64 heavy (non-hydrogen) atoms. The predicted octanol–water partition coefficient (Wildman–Crippen LogP) is 17.7. The van der Waals surface area contributed by atoms with Gasteiger partial charge in [0, 0.05) is 22.2 Å². The number of hydrogen-bond donors (Lipinski definition) is 0. The van der Waals surface area contributed by atoms with Gasteiger partial charge >= 0.3 is 0 Å². The van der Waals surface area contributed by atoms with Crippen molar-refractivity contribution in [3.63, 3.8) is 0 Å². The highest BCUT2D eigenvalue weighted by Crippen LogP contribution is 2.50. The molecular formula is C62H41NO. The molecule has 0 saturated carbocycles. The molecule has 0 unspecified atom stereocenters. The van der Waals surface area contributed by atoms with Crippen molar-refractivity contribution < 1.29 is 4.42 Å². The number of hydrogen-bond acceptors (Lipinski definition) is 2. The van der Waals surface area contributed by atoms with Crippen LogP contribution in [0.25, 0.3) is 99.1 Å². The van der Waals surface area contributed by atoms with Gasteiger partial charge in [-0.1, -0.05) is 212 Å². The smallest absolute Gasteiger partial charge is 0.137 e. The van der Waals surface area contributed by atoms with E-state index < -0.39 is 0 Å². The van der Waals surface area contributed by atoms with Crippen molar-refractivity contribution in [1.82, 2.24) is 0 Å². The van der Waals surface area contributed by atoms with E-state index in [-0.39, 0.29) is 0 Å².